The van der Waals surface area contributed by atoms with Crippen molar-refractivity contribution in [3.8, 4) is 11.3 Å². The van der Waals surface area contributed by atoms with Gasteiger partial charge in [0.2, 0.25) is 0 Å². The maximum Gasteiger partial charge on any atom is 0.338 e. The predicted octanol–water partition coefficient (Wildman–Crippen LogP) is 2.28. The molecule has 96 valence electrons. The van der Waals surface area contributed by atoms with E-state index in [-0.39, 0.29) is 11.3 Å². The maximum atomic E-state index is 13.5. The largest absolute Gasteiger partial charge is 0.478 e. The summed E-state index contributed by atoms with van der Waals surface area (Å²) in [6.45, 7) is 0. The first-order valence-electron chi connectivity index (χ1n) is 5.21. The van der Waals surface area contributed by atoms with Gasteiger partial charge in [-0.15, -0.1) is 0 Å². The van der Waals surface area contributed by atoms with Crippen LogP contribution >= 0.6 is 0 Å². The minimum atomic E-state index is -1.36. The summed E-state index contributed by atoms with van der Waals surface area (Å²) in [7, 11) is 0. The van der Waals surface area contributed by atoms with E-state index in [1.165, 1.54) is 24.4 Å². The molecule has 0 fully saturated rings. The molecule has 1 aromatic heterocycles. The first-order valence-corrected chi connectivity index (χ1v) is 5.21. The number of hydrogen-bond donors (Lipinski definition) is 2. The van der Waals surface area contributed by atoms with Crippen LogP contribution in [0.1, 0.15) is 20.7 Å². The van der Waals surface area contributed by atoms with Gasteiger partial charge in [-0.3, -0.25) is 4.98 Å². The lowest BCUT2D eigenvalue weighted by Gasteiger charge is -2.04. The molecule has 0 bridgehead atoms. The third kappa shape index (κ3) is 2.57. The number of hydrogen-bond acceptors (Lipinski definition) is 3. The molecule has 0 radical (unpaired) electrons. The molecule has 0 spiro atoms. The third-order valence-corrected chi connectivity index (χ3v) is 2.50. The number of pyridine rings is 1. The highest BCUT2D eigenvalue weighted by Gasteiger charge is 2.12. The van der Waals surface area contributed by atoms with Gasteiger partial charge >= 0.3 is 11.9 Å². The Balaban J connectivity index is 2.48. The number of nitrogens with zero attached hydrogens (tertiary/aromatic N) is 1. The lowest BCUT2D eigenvalue weighted by molar-refractivity contribution is 0.0683. The highest BCUT2D eigenvalue weighted by Crippen LogP contribution is 2.21. The Kier molecular flexibility index (Phi) is 3.24. The number of halogens is 1. The number of rotatable bonds is 3. The zero-order valence-corrected chi connectivity index (χ0v) is 9.50. The van der Waals surface area contributed by atoms with Crippen molar-refractivity contribution in [2.75, 3.05) is 0 Å². The van der Waals surface area contributed by atoms with Gasteiger partial charge in [0, 0.05) is 11.8 Å². The highest BCUT2D eigenvalue weighted by molar-refractivity contribution is 5.90. The van der Waals surface area contributed by atoms with Gasteiger partial charge < -0.3 is 10.2 Å². The van der Waals surface area contributed by atoms with Crippen LogP contribution in [0.3, 0.4) is 0 Å². The molecule has 0 atom stereocenters. The second-order valence-corrected chi connectivity index (χ2v) is 3.73. The van der Waals surface area contributed by atoms with Crippen molar-refractivity contribution in [3.63, 3.8) is 0 Å². The van der Waals surface area contributed by atoms with E-state index in [0.29, 0.717) is 5.56 Å². The van der Waals surface area contributed by atoms with Crippen LogP contribution in [-0.4, -0.2) is 27.1 Å². The number of carboxylic acid groups (broad SMARTS) is 2. The molecule has 1 heterocycles. The fourth-order valence-electron chi connectivity index (χ4n) is 1.57. The summed E-state index contributed by atoms with van der Waals surface area (Å²) in [5.74, 6) is -3.38. The normalized spacial score (nSPS) is 10.2. The summed E-state index contributed by atoms with van der Waals surface area (Å²) < 4.78 is 13.5. The first-order chi connectivity index (χ1) is 8.99. The first kappa shape index (κ1) is 12.7. The lowest BCUT2D eigenvalue weighted by atomic mass is 10.1. The number of carboxylic acids is 2. The Morgan fingerprint density at radius 1 is 1.05 bits per heavy atom. The summed E-state index contributed by atoms with van der Waals surface area (Å²) in [5, 5.41) is 17.6. The third-order valence-electron chi connectivity index (χ3n) is 2.50. The average Bonchev–Trinajstić information content (AvgIpc) is 2.38. The molecule has 2 N–H and O–H groups in total. The minimum absolute atomic E-state index is 0.0210. The van der Waals surface area contributed by atoms with Crippen molar-refractivity contribution in [1.29, 1.82) is 0 Å². The van der Waals surface area contributed by atoms with Crippen LogP contribution in [0.4, 0.5) is 4.39 Å². The molecule has 0 aliphatic heterocycles. The summed E-state index contributed by atoms with van der Waals surface area (Å²) in [6, 6.07) is 6.10. The van der Waals surface area contributed by atoms with Crippen molar-refractivity contribution in [2.45, 2.75) is 0 Å². The number of aromatic carboxylic acids is 2. The molecular weight excluding hydrogens is 253 g/mol. The standard InChI is InChI=1S/C13H8FNO4/c14-10-5-7(1-2-9(10)13(18)19)11-6-8(12(16)17)3-4-15-11/h1-6H,(H,16,17)(H,18,19). The van der Waals surface area contributed by atoms with Crippen molar-refractivity contribution < 1.29 is 24.2 Å². The van der Waals surface area contributed by atoms with E-state index in [1.54, 1.807) is 0 Å². The van der Waals surface area contributed by atoms with Crippen LogP contribution in [-0.2, 0) is 0 Å². The van der Waals surface area contributed by atoms with Gasteiger partial charge in [-0.1, -0.05) is 6.07 Å². The molecule has 2 aromatic rings. The Bertz CT molecular complexity index is 669. The van der Waals surface area contributed by atoms with Gasteiger partial charge in [-0.05, 0) is 24.3 Å². The summed E-state index contributed by atoms with van der Waals surface area (Å²) in [5.41, 5.74) is 0.146. The van der Waals surface area contributed by atoms with Gasteiger partial charge in [-0.2, -0.15) is 0 Å². The zero-order valence-electron chi connectivity index (χ0n) is 9.50. The summed E-state index contributed by atoms with van der Waals surface area (Å²) in [6.07, 6.45) is 1.29. The monoisotopic (exact) mass is 261 g/mol. The van der Waals surface area contributed by atoms with E-state index in [9.17, 15) is 14.0 Å². The topological polar surface area (TPSA) is 87.5 Å². The molecule has 0 aliphatic carbocycles. The minimum Gasteiger partial charge on any atom is -0.478 e. The van der Waals surface area contributed by atoms with Crippen LogP contribution in [0, 0.1) is 5.82 Å². The molecule has 0 unspecified atom stereocenters. The second-order valence-electron chi connectivity index (χ2n) is 3.73. The van der Waals surface area contributed by atoms with Crippen molar-refractivity contribution in [2.24, 2.45) is 0 Å². The number of benzene rings is 1. The van der Waals surface area contributed by atoms with E-state index in [2.05, 4.69) is 4.98 Å². The lowest BCUT2D eigenvalue weighted by Crippen LogP contribution is -2.01. The van der Waals surface area contributed by atoms with Gasteiger partial charge in [0.15, 0.2) is 0 Å². The van der Waals surface area contributed by atoms with Crippen LogP contribution in [0.25, 0.3) is 11.3 Å². The number of carbonyl (C=O) groups is 2. The second kappa shape index (κ2) is 4.85. The molecule has 19 heavy (non-hydrogen) atoms. The molecule has 1 aromatic carbocycles. The molecule has 0 aliphatic rings. The van der Waals surface area contributed by atoms with Crippen molar-refractivity contribution >= 4 is 11.9 Å². The number of aromatic nitrogens is 1. The molecule has 2 rings (SSSR count). The SMILES string of the molecule is O=C(O)c1ccnc(-c2ccc(C(=O)O)c(F)c2)c1. The van der Waals surface area contributed by atoms with Crippen LogP contribution in [0.2, 0.25) is 0 Å². The van der Waals surface area contributed by atoms with Gasteiger partial charge in [-0.25, -0.2) is 14.0 Å². The smallest absolute Gasteiger partial charge is 0.338 e. The Morgan fingerprint density at radius 3 is 2.37 bits per heavy atom. The van der Waals surface area contributed by atoms with E-state index in [0.717, 1.165) is 12.1 Å². The quantitative estimate of drug-likeness (QED) is 0.884. The fourth-order valence-corrected chi connectivity index (χ4v) is 1.57. The van der Waals surface area contributed by atoms with Crippen LogP contribution < -0.4 is 0 Å². The molecule has 0 saturated heterocycles. The summed E-state index contributed by atoms with van der Waals surface area (Å²) >= 11 is 0. The molecule has 0 saturated carbocycles. The van der Waals surface area contributed by atoms with E-state index in [1.807, 2.05) is 0 Å². The molecular formula is C13H8FNO4. The molecule has 5 nitrogen and oxygen atoms in total. The Labute approximate surface area is 107 Å². The highest BCUT2D eigenvalue weighted by atomic mass is 19.1. The maximum absolute atomic E-state index is 13.5. The fraction of sp³-hybridized carbons (Fsp3) is 0. The van der Waals surface area contributed by atoms with Crippen molar-refractivity contribution in [1.82, 2.24) is 4.98 Å². The van der Waals surface area contributed by atoms with Crippen LogP contribution in [0.5, 0.6) is 0 Å². The Morgan fingerprint density at radius 2 is 1.79 bits per heavy atom. The van der Waals surface area contributed by atoms with Crippen molar-refractivity contribution in [3.05, 3.63) is 53.5 Å². The molecule has 0 amide bonds. The van der Waals surface area contributed by atoms with Gasteiger partial charge in [0.05, 0.1) is 16.8 Å². The predicted molar refractivity (Wildman–Crippen MR) is 63.5 cm³/mol. The average molecular weight is 261 g/mol. The Hall–Kier alpha value is -2.76. The molecule has 6 heteroatoms. The summed E-state index contributed by atoms with van der Waals surface area (Å²) in [4.78, 5) is 25.4. The van der Waals surface area contributed by atoms with E-state index in [4.69, 9.17) is 10.2 Å². The zero-order chi connectivity index (χ0) is 14.0. The van der Waals surface area contributed by atoms with Gasteiger partial charge in [0.25, 0.3) is 0 Å². The van der Waals surface area contributed by atoms with Crippen LogP contribution in [0.15, 0.2) is 36.5 Å². The van der Waals surface area contributed by atoms with E-state index >= 15 is 0 Å². The van der Waals surface area contributed by atoms with Gasteiger partial charge in [0.1, 0.15) is 5.82 Å². The van der Waals surface area contributed by atoms with E-state index < -0.39 is 23.3 Å².